The molecule has 0 radical (unpaired) electrons. The molecule has 3 N–H and O–H groups in total. The van der Waals surface area contributed by atoms with Crippen LogP contribution in [-0.2, 0) is 9.59 Å². The largest absolute Gasteiger partial charge is 2.00 e. The number of hydrogen-bond donors (Lipinski definition) is 3. The van der Waals surface area contributed by atoms with Crippen LogP contribution in [0.2, 0.25) is 0 Å². The van der Waals surface area contributed by atoms with E-state index in [1.165, 1.54) is 0 Å². The van der Waals surface area contributed by atoms with Crippen LogP contribution < -0.4 is 5.11 Å². The summed E-state index contributed by atoms with van der Waals surface area (Å²) in [5, 5.41) is 33.5. The van der Waals surface area contributed by atoms with Crippen molar-refractivity contribution in [2.24, 2.45) is 0 Å². The number of aliphatic hydroxyl groups excluding tert-OH is 2. The van der Waals surface area contributed by atoms with Gasteiger partial charge in [-0.05, 0) is 19.3 Å². The molecule has 0 spiro atoms. The van der Waals surface area contributed by atoms with Gasteiger partial charge in [0.15, 0.2) is 0 Å². The van der Waals surface area contributed by atoms with E-state index in [-0.39, 0.29) is 63.8 Å². The Hall–Kier alpha value is 0.120. The molecule has 0 amide bonds. The van der Waals surface area contributed by atoms with Crippen molar-refractivity contribution in [3.05, 3.63) is 0 Å². The zero-order chi connectivity index (χ0) is 11.4. The minimum absolute atomic E-state index is 0. The van der Waals surface area contributed by atoms with Gasteiger partial charge in [-0.3, -0.25) is 4.79 Å². The molecular weight excluding hydrogens is 232 g/mol. The molecule has 0 atom stereocenters. The standard InChI is InChI=1S/2C4H8O3.Ca/c2*5-3-1-2-4(6)7;/h2*5H,1-3H2,(H,6,7);/q;;+2/p-1. The maximum absolute atomic E-state index is 9.65. The summed E-state index contributed by atoms with van der Waals surface area (Å²) in [5.41, 5.74) is 0. The number of carboxylic acids is 2. The Bertz CT molecular complexity index is 143. The van der Waals surface area contributed by atoms with Gasteiger partial charge in [-0.1, -0.05) is 0 Å². The molecule has 0 heterocycles. The van der Waals surface area contributed by atoms with Crippen LogP contribution in [0.3, 0.4) is 0 Å². The number of rotatable bonds is 6. The summed E-state index contributed by atoms with van der Waals surface area (Å²) in [6.07, 6.45) is 0.671. The summed E-state index contributed by atoms with van der Waals surface area (Å²) in [6, 6.07) is 0. The van der Waals surface area contributed by atoms with Crippen molar-refractivity contribution in [3.63, 3.8) is 0 Å². The van der Waals surface area contributed by atoms with Gasteiger partial charge in [0.25, 0.3) is 0 Å². The second-order valence-electron chi connectivity index (χ2n) is 2.42. The molecule has 84 valence electrons. The maximum atomic E-state index is 9.65. The van der Waals surface area contributed by atoms with Gasteiger partial charge >= 0.3 is 43.7 Å². The number of carboxylic acid groups (broad SMARTS) is 2. The molecule has 0 saturated carbocycles. The van der Waals surface area contributed by atoms with Gasteiger partial charge in [0.1, 0.15) is 0 Å². The average molecular weight is 247 g/mol. The zero-order valence-corrected chi connectivity index (χ0v) is 10.7. The summed E-state index contributed by atoms with van der Waals surface area (Å²) < 4.78 is 0. The van der Waals surface area contributed by atoms with E-state index in [0.717, 1.165) is 0 Å². The molecule has 0 fully saturated rings. The van der Waals surface area contributed by atoms with Gasteiger partial charge in [-0.2, -0.15) is 0 Å². The molecular formula is C8H15CaO6+. The van der Waals surface area contributed by atoms with Gasteiger partial charge in [-0.25, -0.2) is 0 Å². The predicted octanol–water partition coefficient (Wildman–Crippen LogP) is -2.03. The monoisotopic (exact) mass is 247 g/mol. The Morgan fingerprint density at radius 1 is 1.00 bits per heavy atom. The van der Waals surface area contributed by atoms with Crippen LogP contribution >= 0.6 is 0 Å². The summed E-state index contributed by atoms with van der Waals surface area (Å²) in [4.78, 5) is 19.2. The van der Waals surface area contributed by atoms with Crippen LogP contribution in [0.15, 0.2) is 0 Å². The third-order valence-corrected chi connectivity index (χ3v) is 1.09. The fourth-order valence-electron chi connectivity index (χ4n) is 0.454. The molecule has 0 rings (SSSR count). The molecule has 0 aromatic rings. The van der Waals surface area contributed by atoms with Crippen molar-refractivity contribution in [2.75, 3.05) is 13.2 Å². The molecule has 0 aromatic carbocycles. The number of aliphatic carboxylic acids is 2. The normalized spacial score (nSPS) is 8.13. The van der Waals surface area contributed by atoms with Crippen molar-refractivity contribution in [1.82, 2.24) is 0 Å². The van der Waals surface area contributed by atoms with E-state index in [4.69, 9.17) is 15.3 Å². The molecule has 0 bridgehead atoms. The number of hydrogen-bond acceptors (Lipinski definition) is 5. The van der Waals surface area contributed by atoms with Gasteiger partial charge in [0.05, 0.1) is 0 Å². The van der Waals surface area contributed by atoms with Crippen molar-refractivity contribution in [1.29, 1.82) is 0 Å². The Kier molecular flexibility index (Phi) is 22.6. The second-order valence-corrected chi connectivity index (χ2v) is 2.42. The second kappa shape index (κ2) is 16.5. The van der Waals surface area contributed by atoms with Gasteiger partial charge in [0.2, 0.25) is 0 Å². The molecule has 15 heavy (non-hydrogen) atoms. The minimum atomic E-state index is -1.10. The van der Waals surface area contributed by atoms with Gasteiger partial charge in [-0.15, -0.1) is 0 Å². The number of aliphatic hydroxyl groups is 2. The SMILES string of the molecule is O=C(O)CCCO.O=C([O-])CCCO.[Ca+2]. The maximum Gasteiger partial charge on any atom is 2.00 e. The van der Waals surface area contributed by atoms with E-state index >= 15 is 0 Å². The molecule has 7 heteroatoms. The fraction of sp³-hybridized carbons (Fsp3) is 0.750. The first-order valence-corrected chi connectivity index (χ1v) is 4.18. The molecule has 0 aliphatic rings. The molecule has 6 nitrogen and oxygen atoms in total. The molecule has 0 aromatic heterocycles. The Balaban J connectivity index is -0.000000180. The fourth-order valence-corrected chi connectivity index (χ4v) is 0.454. The van der Waals surface area contributed by atoms with Crippen molar-refractivity contribution >= 4 is 49.7 Å². The molecule has 0 aliphatic carbocycles. The van der Waals surface area contributed by atoms with Gasteiger partial charge in [0, 0.05) is 25.6 Å². The van der Waals surface area contributed by atoms with E-state index in [9.17, 15) is 14.7 Å². The molecule has 0 saturated heterocycles. The van der Waals surface area contributed by atoms with Crippen molar-refractivity contribution < 1.29 is 30.0 Å². The Morgan fingerprint density at radius 3 is 1.53 bits per heavy atom. The summed E-state index contributed by atoms with van der Waals surface area (Å²) >= 11 is 0. The topological polar surface area (TPSA) is 118 Å². The summed E-state index contributed by atoms with van der Waals surface area (Å²) in [5.74, 6) is -1.96. The third kappa shape index (κ3) is 31.5. The van der Waals surface area contributed by atoms with Crippen LogP contribution in [0.1, 0.15) is 25.7 Å². The summed E-state index contributed by atoms with van der Waals surface area (Å²) in [6.45, 7) is -0.111. The quantitative estimate of drug-likeness (QED) is 0.466. The van der Waals surface area contributed by atoms with Crippen LogP contribution in [0.4, 0.5) is 0 Å². The van der Waals surface area contributed by atoms with E-state index in [0.29, 0.717) is 12.8 Å². The van der Waals surface area contributed by atoms with E-state index in [2.05, 4.69) is 0 Å². The van der Waals surface area contributed by atoms with E-state index < -0.39 is 11.9 Å². The first-order valence-electron chi connectivity index (χ1n) is 4.18. The van der Waals surface area contributed by atoms with Crippen LogP contribution in [0, 0.1) is 0 Å². The number of carbonyl (C=O) groups excluding carboxylic acids is 1. The van der Waals surface area contributed by atoms with Crippen molar-refractivity contribution in [2.45, 2.75) is 25.7 Å². The first kappa shape index (κ1) is 20.5. The Labute approximate surface area is 118 Å². The van der Waals surface area contributed by atoms with Gasteiger partial charge < -0.3 is 25.2 Å². The van der Waals surface area contributed by atoms with Crippen molar-refractivity contribution in [3.8, 4) is 0 Å². The summed E-state index contributed by atoms with van der Waals surface area (Å²) in [7, 11) is 0. The smallest absolute Gasteiger partial charge is 0.550 e. The molecule has 0 unspecified atom stereocenters. The van der Waals surface area contributed by atoms with E-state index in [1.54, 1.807) is 0 Å². The zero-order valence-electron chi connectivity index (χ0n) is 8.52. The van der Waals surface area contributed by atoms with Crippen LogP contribution in [-0.4, -0.2) is 78.2 Å². The number of carbonyl (C=O) groups is 2. The molecule has 0 aliphatic heterocycles. The van der Waals surface area contributed by atoms with Crippen LogP contribution in [0.25, 0.3) is 0 Å². The predicted molar refractivity (Wildman–Crippen MR) is 51.0 cm³/mol. The minimum Gasteiger partial charge on any atom is -0.550 e. The third-order valence-electron chi connectivity index (χ3n) is 1.09. The average Bonchev–Trinajstić information content (AvgIpc) is 2.12. The first-order chi connectivity index (χ1) is 6.54. The van der Waals surface area contributed by atoms with Crippen LogP contribution in [0.5, 0.6) is 0 Å². The van der Waals surface area contributed by atoms with E-state index in [1.807, 2.05) is 0 Å². The Morgan fingerprint density at radius 2 is 1.40 bits per heavy atom.